The number of nitrogens with one attached hydrogen (secondary N) is 2. The molecule has 25 heavy (non-hydrogen) atoms. The number of piperidine rings is 1. The standard InChI is InChI=1S/C19H20N4OS/c24-18(22-12-13-2-1-7-21-11-13)15-3-4-16-17(10-15)25-19(23-16)14-5-8-20-9-6-14/h1-4,7,10-11,14,20H,5-6,8-9,12H2,(H,22,24). The zero-order valence-corrected chi connectivity index (χ0v) is 14.7. The molecule has 1 aliphatic heterocycles. The summed E-state index contributed by atoms with van der Waals surface area (Å²) in [6, 6.07) is 9.58. The van der Waals surface area contributed by atoms with Gasteiger partial charge in [0.15, 0.2) is 0 Å². The van der Waals surface area contributed by atoms with Crippen LogP contribution in [-0.4, -0.2) is 29.0 Å². The van der Waals surface area contributed by atoms with Gasteiger partial charge in [0.25, 0.3) is 5.91 Å². The Labute approximate surface area is 150 Å². The summed E-state index contributed by atoms with van der Waals surface area (Å²) in [6.07, 6.45) is 5.76. The Kier molecular flexibility index (Phi) is 4.72. The topological polar surface area (TPSA) is 66.9 Å². The molecule has 128 valence electrons. The third-order valence-electron chi connectivity index (χ3n) is 4.53. The molecule has 1 aliphatic rings. The van der Waals surface area contributed by atoms with Gasteiger partial charge >= 0.3 is 0 Å². The average molecular weight is 352 g/mol. The molecule has 2 N–H and O–H groups in total. The summed E-state index contributed by atoms with van der Waals surface area (Å²) in [6.45, 7) is 2.60. The molecule has 0 spiro atoms. The number of fused-ring (bicyclic) bond motifs is 1. The third-order valence-corrected chi connectivity index (χ3v) is 5.71. The van der Waals surface area contributed by atoms with Crippen LogP contribution in [0.4, 0.5) is 0 Å². The maximum atomic E-state index is 12.4. The monoisotopic (exact) mass is 352 g/mol. The lowest BCUT2D eigenvalue weighted by Gasteiger charge is -2.20. The molecule has 3 aromatic rings. The first-order valence-electron chi connectivity index (χ1n) is 8.58. The van der Waals surface area contributed by atoms with E-state index in [0.29, 0.717) is 18.0 Å². The SMILES string of the molecule is O=C(NCc1cccnc1)c1ccc2nc(C3CCNCC3)sc2c1. The van der Waals surface area contributed by atoms with Crippen LogP contribution in [0.1, 0.15) is 39.7 Å². The zero-order chi connectivity index (χ0) is 17.1. The minimum absolute atomic E-state index is 0.0671. The number of carbonyl (C=O) groups excluding carboxylic acids is 1. The van der Waals surface area contributed by atoms with Gasteiger partial charge in [0.2, 0.25) is 0 Å². The molecule has 5 nitrogen and oxygen atoms in total. The number of rotatable bonds is 4. The number of nitrogens with zero attached hydrogens (tertiary/aromatic N) is 2. The Hall–Kier alpha value is -2.31. The van der Waals surface area contributed by atoms with Crippen molar-refractivity contribution >= 4 is 27.5 Å². The highest BCUT2D eigenvalue weighted by atomic mass is 32.1. The van der Waals surface area contributed by atoms with Crippen LogP contribution in [0.2, 0.25) is 0 Å². The summed E-state index contributed by atoms with van der Waals surface area (Å²) < 4.78 is 1.09. The predicted octanol–water partition coefficient (Wildman–Crippen LogP) is 3.09. The molecule has 4 rings (SSSR count). The summed E-state index contributed by atoms with van der Waals surface area (Å²) in [4.78, 5) is 21.3. The minimum atomic E-state index is -0.0671. The van der Waals surface area contributed by atoms with Gasteiger partial charge in [0.1, 0.15) is 0 Å². The number of aromatic nitrogens is 2. The fraction of sp³-hybridized carbons (Fsp3) is 0.316. The molecule has 0 unspecified atom stereocenters. The fourth-order valence-electron chi connectivity index (χ4n) is 3.11. The van der Waals surface area contributed by atoms with E-state index < -0.39 is 0 Å². The molecule has 0 atom stereocenters. The number of benzene rings is 1. The van der Waals surface area contributed by atoms with E-state index in [1.165, 1.54) is 5.01 Å². The first-order chi connectivity index (χ1) is 12.3. The second-order valence-electron chi connectivity index (χ2n) is 6.30. The molecule has 1 saturated heterocycles. The van der Waals surface area contributed by atoms with E-state index >= 15 is 0 Å². The van der Waals surface area contributed by atoms with E-state index in [9.17, 15) is 4.79 Å². The van der Waals surface area contributed by atoms with Gasteiger partial charge < -0.3 is 10.6 Å². The van der Waals surface area contributed by atoms with E-state index in [1.807, 2.05) is 30.3 Å². The maximum Gasteiger partial charge on any atom is 0.251 e. The van der Waals surface area contributed by atoms with Crippen LogP contribution in [-0.2, 0) is 6.54 Å². The predicted molar refractivity (Wildman–Crippen MR) is 99.9 cm³/mol. The van der Waals surface area contributed by atoms with E-state index in [0.717, 1.165) is 41.7 Å². The van der Waals surface area contributed by atoms with Crippen molar-refractivity contribution in [2.45, 2.75) is 25.3 Å². The van der Waals surface area contributed by atoms with Crippen molar-refractivity contribution in [1.82, 2.24) is 20.6 Å². The number of hydrogen-bond donors (Lipinski definition) is 2. The Morgan fingerprint density at radius 2 is 2.16 bits per heavy atom. The number of thiazole rings is 1. The lowest BCUT2D eigenvalue weighted by Crippen LogP contribution is -2.26. The van der Waals surface area contributed by atoms with Crippen molar-refractivity contribution in [1.29, 1.82) is 0 Å². The molecule has 2 aromatic heterocycles. The van der Waals surface area contributed by atoms with Gasteiger partial charge in [-0.05, 0) is 55.8 Å². The van der Waals surface area contributed by atoms with Crippen LogP contribution in [0.25, 0.3) is 10.2 Å². The molecule has 0 radical (unpaired) electrons. The highest BCUT2D eigenvalue weighted by molar-refractivity contribution is 7.18. The van der Waals surface area contributed by atoms with Crippen LogP contribution in [0.5, 0.6) is 0 Å². The number of pyridine rings is 1. The van der Waals surface area contributed by atoms with Crippen molar-refractivity contribution in [3.05, 3.63) is 58.9 Å². The second kappa shape index (κ2) is 7.29. The van der Waals surface area contributed by atoms with Crippen LogP contribution in [0, 0.1) is 0 Å². The lowest BCUT2D eigenvalue weighted by atomic mass is 9.99. The maximum absolute atomic E-state index is 12.4. The summed E-state index contributed by atoms with van der Waals surface area (Å²) in [5.74, 6) is 0.476. The van der Waals surface area contributed by atoms with Gasteiger partial charge in [-0.25, -0.2) is 4.98 Å². The highest BCUT2D eigenvalue weighted by Gasteiger charge is 2.19. The number of amides is 1. The van der Waals surface area contributed by atoms with Gasteiger partial charge in [-0.15, -0.1) is 11.3 Å². The molecular weight excluding hydrogens is 332 g/mol. The Bertz CT molecular complexity index is 872. The molecular formula is C19H20N4OS. The number of hydrogen-bond acceptors (Lipinski definition) is 5. The van der Waals surface area contributed by atoms with Crippen LogP contribution < -0.4 is 10.6 Å². The third kappa shape index (κ3) is 3.70. The van der Waals surface area contributed by atoms with Gasteiger partial charge in [0, 0.05) is 30.4 Å². The molecule has 0 saturated carbocycles. The quantitative estimate of drug-likeness (QED) is 0.757. The van der Waals surface area contributed by atoms with E-state index in [4.69, 9.17) is 4.98 Å². The summed E-state index contributed by atoms with van der Waals surface area (Å²) >= 11 is 1.72. The fourth-order valence-corrected chi connectivity index (χ4v) is 4.29. The van der Waals surface area contributed by atoms with Crippen molar-refractivity contribution in [3.8, 4) is 0 Å². The Morgan fingerprint density at radius 1 is 1.28 bits per heavy atom. The highest BCUT2D eigenvalue weighted by Crippen LogP contribution is 2.32. The molecule has 3 heterocycles. The van der Waals surface area contributed by atoms with Crippen LogP contribution >= 0.6 is 11.3 Å². The molecule has 6 heteroatoms. The molecule has 1 amide bonds. The van der Waals surface area contributed by atoms with Crippen molar-refractivity contribution in [3.63, 3.8) is 0 Å². The molecule has 1 aromatic carbocycles. The van der Waals surface area contributed by atoms with E-state index in [-0.39, 0.29) is 5.91 Å². The average Bonchev–Trinajstić information content (AvgIpc) is 3.11. The Morgan fingerprint density at radius 3 is 2.96 bits per heavy atom. The first kappa shape index (κ1) is 16.2. The first-order valence-corrected chi connectivity index (χ1v) is 9.39. The summed E-state index contributed by atoms with van der Waals surface area (Å²) in [7, 11) is 0. The molecule has 1 fully saturated rings. The minimum Gasteiger partial charge on any atom is -0.348 e. The van der Waals surface area contributed by atoms with Crippen LogP contribution in [0.15, 0.2) is 42.7 Å². The normalized spacial score (nSPS) is 15.4. The van der Waals surface area contributed by atoms with E-state index in [2.05, 4.69) is 15.6 Å². The molecule has 0 bridgehead atoms. The number of carbonyl (C=O) groups is 1. The van der Waals surface area contributed by atoms with Gasteiger partial charge in [-0.3, -0.25) is 9.78 Å². The van der Waals surface area contributed by atoms with Crippen molar-refractivity contribution in [2.75, 3.05) is 13.1 Å². The van der Waals surface area contributed by atoms with Crippen molar-refractivity contribution < 1.29 is 4.79 Å². The van der Waals surface area contributed by atoms with Crippen LogP contribution in [0.3, 0.4) is 0 Å². The summed E-state index contributed by atoms with van der Waals surface area (Å²) in [5.41, 5.74) is 2.65. The zero-order valence-electron chi connectivity index (χ0n) is 13.9. The lowest BCUT2D eigenvalue weighted by molar-refractivity contribution is 0.0951. The summed E-state index contributed by atoms with van der Waals surface area (Å²) in [5, 5.41) is 7.53. The molecule has 0 aliphatic carbocycles. The smallest absolute Gasteiger partial charge is 0.251 e. The van der Waals surface area contributed by atoms with Gasteiger partial charge in [0.05, 0.1) is 15.2 Å². The van der Waals surface area contributed by atoms with E-state index in [1.54, 1.807) is 23.7 Å². The Balaban J connectivity index is 1.49. The van der Waals surface area contributed by atoms with Crippen molar-refractivity contribution in [2.24, 2.45) is 0 Å². The largest absolute Gasteiger partial charge is 0.348 e. The van der Waals surface area contributed by atoms with Gasteiger partial charge in [-0.2, -0.15) is 0 Å². The second-order valence-corrected chi connectivity index (χ2v) is 7.37. The van der Waals surface area contributed by atoms with Gasteiger partial charge in [-0.1, -0.05) is 6.07 Å².